The average molecular weight is 295 g/mol. The number of hydrogen-bond donors (Lipinski definition) is 0. The van der Waals surface area contributed by atoms with Crippen LogP contribution in [0, 0.1) is 18.3 Å². The molecule has 4 heteroatoms. The smallest absolute Gasteiger partial charge is 0.347 e. The molecule has 0 aliphatic heterocycles. The maximum Gasteiger partial charge on any atom is 0.347 e. The second kappa shape index (κ2) is 7.28. The summed E-state index contributed by atoms with van der Waals surface area (Å²) in [6, 6.07) is 16.4. The van der Waals surface area contributed by atoms with Crippen molar-refractivity contribution < 1.29 is 14.3 Å². The van der Waals surface area contributed by atoms with Gasteiger partial charge >= 0.3 is 5.97 Å². The number of hydrogen-bond acceptors (Lipinski definition) is 4. The Hall–Kier alpha value is -2.80. The number of carbonyl (C=O) groups excluding carboxylic acids is 1. The van der Waals surface area contributed by atoms with E-state index in [4.69, 9.17) is 14.7 Å². The molecule has 0 saturated carbocycles. The lowest BCUT2D eigenvalue weighted by Crippen LogP contribution is -2.26. The summed E-state index contributed by atoms with van der Waals surface area (Å²) < 4.78 is 10.8. The van der Waals surface area contributed by atoms with Crippen LogP contribution >= 0.6 is 0 Å². The van der Waals surface area contributed by atoms with Gasteiger partial charge in [0.05, 0.1) is 11.6 Å². The van der Waals surface area contributed by atoms with E-state index in [0.717, 1.165) is 11.1 Å². The van der Waals surface area contributed by atoms with Crippen LogP contribution in [-0.2, 0) is 16.1 Å². The molecule has 0 bridgehead atoms. The number of rotatable bonds is 5. The number of nitrogens with zero attached hydrogens (tertiary/aromatic N) is 1. The third-order valence-electron chi connectivity index (χ3n) is 3.13. The van der Waals surface area contributed by atoms with E-state index in [0.29, 0.717) is 11.3 Å². The lowest BCUT2D eigenvalue weighted by molar-refractivity contribution is -0.152. The highest BCUT2D eigenvalue weighted by atomic mass is 16.6. The molecule has 0 spiro atoms. The Morgan fingerprint density at radius 1 is 1.14 bits per heavy atom. The van der Waals surface area contributed by atoms with E-state index in [1.165, 1.54) is 0 Å². The van der Waals surface area contributed by atoms with Crippen molar-refractivity contribution in [2.24, 2.45) is 0 Å². The van der Waals surface area contributed by atoms with Gasteiger partial charge in [0, 0.05) is 0 Å². The van der Waals surface area contributed by atoms with Crippen molar-refractivity contribution in [1.29, 1.82) is 5.26 Å². The molecular formula is C18H17NO3. The molecule has 0 heterocycles. The molecule has 1 atom stereocenters. The van der Waals surface area contributed by atoms with Crippen LogP contribution in [0.25, 0.3) is 0 Å². The molecule has 0 amide bonds. The summed E-state index contributed by atoms with van der Waals surface area (Å²) in [4.78, 5) is 11.9. The zero-order valence-electron chi connectivity index (χ0n) is 12.6. The van der Waals surface area contributed by atoms with Crippen molar-refractivity contribution in [3.63, 3.8) is 0 Å². The second-order valence-electron chi connectivity index (χ2n) is 4.99. The number of aryl methyl sites for hydroxylation is 1. The molecule has 22 heavy (non-hydrogen) atoms. The van der Waals surface area contributed by atoms with Gasteiger partial charge in [0.25, 0.3) is 0 Å². The first-order valence-electron chi connectivity index (χ1n) is 6.97. The van der Waals surface area contributed by atoms with E-state index < -0.39 is 12.1 Å². The molecule has 0 N–H and O–H groups in total. The largest absolute Gasteiger partial charge is 0.479 e. The Kier molecular flexibility index (Phi) is 5.16. The van der Waals surface area contributed by atoms with E-state index in [1.54, 1.807) is 31.2 Å². The summed E-state index contributed by atoms with van der Waals surface area (Å²) in [5, 5.41) is 8.72. The molecule has 0 aliphatic rings. The summed E-state index contributed by atoms with van der Waals surface area (Å²) in [6.45, 7) is 3.80. The number of nitriles is 1. The Balaban J connectivity index is 1.85. The van der Waals surface area contributed by atoms with Crippen molar-refractivity contribution in [2.75, 3.05) is 0 Å². The van der Waals surface area contributed by atoms with Crippen molar-refractivity contribution in [1.82, 2.24) is 0 Å². The van der Waals surface area contributed by atoms with Crippen LogP contribution in [0.3, 0.4) is 0 Å². The summed E-state index contributed by atoms with van der Waals surface area (Å²) in [7, 11) is 0. The van der Waals surface area contributed by atoms with E-state index in [1.807, 2.05) is 37.3 Å². The minimum absolute atomic E-state index is 0.159. The van der Waals surface area contributed by atoms with Crippen LogP contribution in [0.5, 0.6) is 5.75 Å². The molecule has 0 radical (unpaired) electrons. The predicted molar refractivity (Wildman–Crippen MR) is 82.2 cm³/mol. The summed E-state index contributed by atoms with van der Waals surface area (Å²) in [5.74, 6) is 0.207. The fraction of sp³-hybridized carbons (Fsp3) is 0.222. The molecule has 0 unspecified atom stereocenters. The monoisotopic (exact) mass is 295 g/mol. The third kappa shape index (κ3) is 4.35. The SMILES string of the molecule is Cc1ccc(O[C@@H](C)C(=O)OCc2ccc(C#N)cc2)cc1. The molecule has 2 aromatic rings. The lowest BCUT2D eigenvalue weighted by Gasteiger charge is -2.14. The van der Waals surface area contributed by atoms with E-state index in [-0.39, 0.29) is 6.61 Å². The Bertz CT molecular complexity index is 669. The third-order valence-corrected chi connectivity index (χ3v) is 3.13. The van der Waals surface area contributed by atoms with Gasteiger partial charge in [0.1, 0.15) is 12.4 Å². The minimum Gasteiger partial charge on any atom is -0.479 e. The van der Waals surface area contributed by atoms with Crippen LogP contribution in [0.4, 0.5) is 0 Å². The first-order valence-corrected chi connectivity index (χ1v) is 6.97. The van der Waals surface area contributed by atoms with Crippen LogP contribution in [0.1, 0.15) is 23.6 Å². The van der Waals surface area contributed by atoms with Crippen LogP contribution in [-0.4, -0.2) is 12.1 Å². The van der Waals surface area contributed by atoms with Gasteiger partial charge < -0.3 is 9.47 Å². The predicted octanol–water partition coefficient (Wildman–Crippen LogP) is 3.38. The molecular weight excluding hydrogens is 278 g/mol. The van der Waals surface area contributed by atoms with Crippen molar-refractivity contribution in [3.05, 3.63) is 65.2 Å². The number of carbonyl (C=O) groups is 1. The highest BCUT2D eigenvalue weighted by Crippen LogP contribution is 2.14. The van der Waals surface area contributed by atoms with E-state index in [2.05, 4.69) is 0 Å². The van der Waals surface area contributed by atoms with Gasteiger partial charge in [0.2, 0.25) is 0 Å². The Morgan fingerprint density at radius 3 is 2.36 bits per heavy atom. The highest BCUT2D eigenvalue weighted by molar-refractivity contribution is 5.74. The number of benzene rings is 2. The van der Waals surface area contributed by atoms with Crippen LogP contribution < -0.4 is 4.74 Å². The van der Waals surface area contributed by atoms with E-state index >= 15 is 0 Å². The summed E-state index contributed by atoms with van der Waals surface area (Å²) >= 11 is 0. The summed E-state index contributed by atoms with van der Waals surface area (Å²) in [5.41, 5.74) is 2.53. The standard InChI is InChI=1S/C18H17NO3/c1-13-3-9-17(10-4-13)22-14(2)18(20)21-12-16-7-5-15(11-19)6-8-16/h3-10,14H,12H2,1-2H3/t14-/m0/s1. The quantitative estimate of drug-likeness (QED) is 0.793. The summed E-state index contributed by atoms with van der Waals surface area (Å²) in [6.07, 6.45) is -0.680. The first-order chi connectivity index (χ1) is 10.6. The van der Waals surface area contributed by atoms with Gasteiger partial charge in [-0.3, -0.25) is 0 Å². The average Bonchev–Trinajstić information content (AvgIpc) is 2.55. The topological polar surface area (TPSA) is 59.3 Å². The molecule has 4 nitrogen and oxygen atoms in total. The first kappa shape index (κ1) is 15.6. The van der Waals surface area contributed by atoms with E-state index in [9.17, 15) is 4.79 Å². The molecule has 2 aromatic carbocycles. The number of esters is 1. The van der Waals surface area contributed by atoms with Gasteiger partial charge in [-0.2, -0.15) is 5.26 Å². The Morgan fingerprint density at radius 2 is 1.77 bits per heavy atom. The maximum atomic E-state index is 11.9. The minimum atomic E-state index is -0.680. The lowest BCUT2D eigenvalue weighted by atomic mass is 10.2. The highest BCUT2D eigenvalue weighted by Gasteiger charge is 2.16. The zero-order chi connectivity index (χ0) is 15.9. The van der Waals surface area contributed by atoms with Gasteiger partial charge in [-0.1, -0.05) is 29.8 Å². The maximum absolute atomic E-state index is 11.9. The second-order valence-corrected chi connectivity index (χ2v) is 4.99. The fourth-order valence-electron chi connectivity index (χ4n) is 1.82. The van der Waals surface area contributed by atoms with Crippen molar-refractivity contribution in [2.45, 2.75) is 26.6 Å². The molecule has 2 rings (SSSR count). The normalized spacial score (nSPS) is 11.3. The van der Waals surface area contributed by atoms with Crippen LogP contribution in [0.2, 0.25) is 0 Å². The Labute approximate surface area is 129 Å². The fourth-order valence-corrected chi connectivity index (χ4v) is 1.82. The molecule has 0 saturated heterocycles. The van der Waals surface area contributed by atoms with Gasteiger partial charge in [-0.05, 0) is 43.7 Å². The van der Waals surface area contributed by atoms with Gasteiger partial charge in [0.15, 0.2) is 6.10 Å². The van der Waals surface area contributed by atoms with Crippen LogP contribution in [0.15, 0.2) is 48.5 Å². The molecule has 112 valence electrons. The zero-order valence-corrected chi connectivity index (χ0v) is 12.6. The molecule has 0 fully saturated rings. The van der Waals surface area contributed by atoms with Gasteiger partial charge in [-0.15, -0.1) is 0 Å². The molecule has 0 aliphatic carbocycles. The van der Waals surface area contributed by atoms with Crippen molar-refractivity contribution >= 4 is 5.97 Å². The van der Waals surface area contributed by atoms with Gasteiger partial charge in [-0.25, -0.2) is 4.79 Å². The number of ether oxygens (including phenoxy) is 2. The van der Waals surface area contributed by atoms with Crippen molar-refractivity contribution in [3.8, 4) is 11.8 Å². The molecule has 0 aromatic heterocycles.